The van der Waals surface area contributed by atoms with Gasteiger partial charge in [0.2, 0.25) is 0 Å². The Labute approximate surface area is 138 Å². The normalized spacial score (nSPS) is 13.3. The van der Waals surface area contributed by atoms with Gasteiger partial charge in [0, 0.05) is 12.5 Å². The minimum Gasteiger partial charge on any atom is -0.497 e. The molecule has 2 rings (SSSR count). The van der Waals surface area contributed by atoms with Gasteiger partial charge in [0.15, 0.2) is 0 Å². The van der Waals surface area contributed by atoms with E-state index in [0.29, 0.717) is 6.54 Å². The summed E-state index contributed by atoms with van der Waals surface area (Å²) in [5, 5.41) is 10.6. The smallest absolute Gasteiger partial charge is 0.118 e. The van der Waals surface area contributed by atoms with Crippen molar-refractivity contribution in [2.75, 3.05) is 27.7 Å². The quantitative estimate of drug-likeness (QED) is 0.887. The number of hydrogen-bond acceptors (Lipinski definition) is 3. The summed E-state index contributed by atoms with van der Waals surface area (Å²) in [6.45, 7) is 0.617. The van der Waals surface area contributed by atoms with Gasteiger partial charge < -0.3 is 14.7 Å². The minimum absolute atomic E-state index is 0. The summed E-state index contributed by atoms with van der Waals surface area (Å²) in [6.07, 6.45) is -0.462. The monoisotopic (exact) mass is 321 g/mol. The number of hydrogen-bond donors (Lipinski definition) is 1. The van der Waals surface area contributed by atoms with Gasteiger partial charge in [-0.05, 0) is 37.4 Å². The molecule has 2 unspecified atom stereocenters. The molecule has 2 atom stereocenters. The molecule has 0 amide bonds. The first-order valence-electron chi connectivity index (χ1n) is 7.13. The Bertz CT molecular complexity index is 543. The van der Waals surface area contributed by atoms with E-state index in [0.717, 1.165) is 16.9 Å². The first kappa shape index (κ1) is 18.5. The van der Waals surface area contributed by atoms with Crippen LogP contribution in [0.1, 0.15) is 17.0 Å². The van der Waals surface area contributed by atoms with E-state index in [4.69, 9.17) is 4.74 Å². The predicted molar refractivity (Wildman–Crippen MR) is 93.1 cm³/mol. The second kappa shape index (κ2) is 8.79. The van der Waals surface area contributed by atoms with Crippen LogP contribution in [0.25, 0.3) is 0 Å². The van der Waals surface area contributed by atoms with Crippen molar-refractivity contribution in [3.8, 4) is 5.75 Å². The second-order valence-corrected chi connectivity index (χ2v) is 5.49. The van der Waals surface area contributed by atoms with E-state index in [-0.39, 0.29) is 18.3 Å². The van der Waals surface area contributed by atoms with Crippen molar-refractivity contribution in [2.45, 2.75) is 12.0 Å². The van der Waals surface area contributed by atoms with E-state index < -0.39 is 6.10 Å². The van der Waals surface area contributed by atoms with Gasteiger partial charge in [-0.2, -0.15) is 0 Å². The first-order chi connectivity index (χ1) is 10.1. The molecular weight excluding hydrogens is 298 g/mol. The van der Waals surface area contributed by atoms with E-state index in [9.17, 15) is 5.11 Å². The molecule has 0 saturated heterocycles. The van der Waals surface area contributed by atoms with E-state index in [1.807, 2.05) is 61.5 Å². The standard InChI is InChI=1S/C18H23NO2.ClH/c1-19(2)13-17(20)18(14-7-5-4-6-8-14)15-9-11-16(21-3)12-10-15;/h4-12,17-18,20H,13H2,1-3H3;1H. The van der Waals surface area contributed by atoms with E-state index >= 15 is 0 Å². The van der Waals surface area contributed by atoms with Gasteiger partial charge in [0.25, 0.3) is 0 Å². The van der Waals surface area contributed by atoms with E-state index in [2.05, 4.69) is 12.1 Å². The van der Waals surface area contributed by atoms with Gasteiger partial charge in [-0.15, -0.1) is 12.4 Å². The SMILES string of the molecule is COc1ccc(C(c2ccccc2)C(O)CN(C)C)cc1.Cl. The van der Waals surface area contributed by atoms with E-state index in [1.165, 1.54) is 0 Å². The zero-order valence-electron chi connectivity index (χ0n) is 13.3. The maximum absolute atomic E-state index is 10.6. The molecule has 0 radical (unpaired) electrons. The average Bonchev–Trinajstić information content (AvgIpc) is 2.48. The molecule has 0 aromatic heterocycles. The summed E-state index contributed by atoms with van der Waals surface area (Å²) in [5.74, 6) is 0.784. The summed E-state index contributed by atoms with van der Waals surface area (Å²) in [6, 6.07) is 18.1. The Balaban J connectivity index is 0.00000242. The number of methoxy groups -OCH3 is 1. The Morgan fingerprint density at radius 2 is 1.50 bits per heavy atom. The third-order valence-electron chi connectivity index (χ3n) is 3.57. The van der Waals surface area contributed by atoms with Crippen LogP contribution in [0.3, 0.4) is 0 Å². The van der Waals surface area contributed by atoms with E-state index in [1.54, 1.807) is 7.11 Å². The van der Waals surface area contributed by atoms with Crippen molar-refractivity contribution in [1.29, 1.82) is 0 Å². The predicted octanol–water partition coefficient (Wildman–Crippen LogP) is 3.17. The van der Waals surface area contributed by atoms with Crippen molar-refractivity contribution in [3.05, 3.63) is 65.7 Å². The molecule has 0 heterocycles. The first-order valence-corrected chi connectivity index (χ1v) is 7.13. The summed E-state index contributed by atoms with van der Waals surface area (Å²) < 4.78 is 5.21. The number of ether oxygens (including phenoxy) is 1. The van der Waals surface area contributed by atoms with Crippen LogP contribution in [0.2, 0.25) is 0 Å². The second-order valence-electron chi connectivity index (χ2n) is 5.49. The van der Waals surface area contributed by atoms with Crippen molar-refractivity contribution in [3.63, 3.8) is 0 Å². The summed E-state index contributed by atoms with van der Waals surface area (Å²) >= 11 is 0. The highest BCUT2D eigenvalue weighted by Crippen LogP contribution is 2.29. The van der Waals surface area contributed by atoms with Crippen LogP contribution in [-0.2, 0) is 0 Å². The molecule has 22 heavy (non-hydrogen) atoms. The lowest BCUT2D eigenvalue weighted by atomic mass is 9.86. The zero-order valence-corrected chi connectivity index (χ0v) is 14.1. The topological polar surface area (TPSA) is 32.7 Å². The van der Waals surface area contributed by atoms with Crippen LogP contribution in [0.15, 0.2) is 54.6 Å². The number of aliphatic hydroxyl groups is 1. The van der Waals surface area contributed by atoms with Gasteiger partial charge in [0.05, 0.1) is 13.2 Å². The van der Waals surface area contributed by atoms with Gasteiger partial charge >= 0.3 is 0 Å². The number of halogens is 1. The van der Waals surface area contributed by atoms with Gasteiger partial charge in [-0.3, -0.25) is 0 Å². The molecule has 4 heteroatoms. The van der Waals surface area contributed by atoms with Gasteiger partial charge in [-0.1, -0.05) is 42.5 Å². The fourth-order valence-corrected chi connectivity index (χ4v) is 2.59. The van der Waals surface area contributed by atoms with Crippen LogP contribution >= 0.6 is 12.4 Å². The Kier molecular flexibility index (Phi) is 7.39. The Morgan fingerprint density at radius 1 is 0.955 bits per heavy atom. The third kappa shape index (κ3) is 4.73. The molecule has 1 N–H and O–H groups in total. The molecule has 3 nitrogen and oxygen atoms in total. The molecule has 0 bridgehead atoms. The Hall–Kier alpha value is -1.55. The highest BCUT2D eigenvalue weighted by Gasteiger charge is 2.23. The van der Waals surface area contributed by atoms with Crippen LogP contribution in [0, 0.1) is 0 Å². The summed E-state index contributed by atoms with van der Waals surface area (Å²) in [4.78, 5) is 2.00. The highest BCUT2D eigenvalue weighted by molar-refractivity contribution is 5.85. The number of nitrogens with zero attached hydrogens (tertiary/aromatic N) is 1. The summed E-state index contributed by atoms with van der Waals surface area (Å²) in [7, 11) is 5.60. The molecule has 0 fully saturated rings. The van der Waals surface area contributed by atoms with Crippen molar-refractivity contribution < 1.29 is 9.84 Å². The highest BCUT2D eigenvalue weighted by atomic mass is 35.5. The van der Waals surface area contributed by atoms with Crippen molar-refractivity contribution in [1.82, 2.24) is 4.90 Å². The van der Waals surface area contributed by atoms with Crippen LogP contribution < -0.4 is 4.74 Å². The lowest BCUT2D eigenvalue weighted by Crippen LogP contribution is -2.31. The van der Waals surface area contributed by atoms with Crippen LogP contribution in [0.4, 0.5) is 0 Å². The fraction of sp³-hybridized carbons (Fsp3) is 0.333. The molecule has 0 aliphatic rings. The number of aliphatic hydroxyl groups excluding tert-OH is 1. The molecular formula is C18H24ClNO2. The molecule has 2 aromatic carbocycles. The average molecular weight is 322 g/mol. The largest absolute Gasteiger partial charge is 0.497 e. The van der Waals surface area contributed by atoms with Crippen LogP contribution in [-0.4, -0.2) is 43.9 Å². The molecule has 120 valence electrons. The molecule has 0 aliphatic carbocycles. The summed E-state index contributed by atoms with van der Waals surface area (Å²) in [5.41, 5.74) is 2.22. The molecule has 0 saturated carbocycles. The molecule has 0 spiro atoms. The van der Waals surface area contributed by atoms with Crippen molar-refractivity contribution >= 4 is 12.4 Å². The molecule has 0 aliphatic heterocycles. The Morgan fingerprint density at radius 3 is 2.00 bits per heavy atom. The van der Waals surface area contributed by atoms with Crippen molar-refractivity contribution in [2.24, 2.45) is 0 Å². The maximum Gasteiger partial charge on any atom is 0.118 e. The lowest BCUT2D eigenvalue weighted by Gasteiger charge is -2.26. The number of benzene rings is 2. The minimum atomic E-state index is -0.462. The zero-order chi connectivity index (χ0) is 15.2. The number of rotatable bonds is 6. The maximum atomic E-state index is 10.6. The lowest BCUT2D eigenvalue weighted by molar-refractivity contribution is 0.121. The van der Waals surface area contributed by atoms with Gasteiger partial charge in [0.1, 0.15) is 5.75 Å². The third-order valence-corrected chi connectivity index (χ3v) is 3.57. The molecule has 2 aromatic rings. The van der Waals surface area contributed by atoms with Gasteiger partial charge in [-0.25, -0.2) is 0 Å². The van der Waals surface area contributed by atoms with Crippen LogP contribution in [0.5, 0.6) is 5.75 Å². The number of likely N-dealkylation sites (N-methyl/N-ethyl adjacent to an activating group) is 1. The fourth-order valence-electron chi connectivity index (χ4n) is 2.59.